The average Bonchev–Trinajstić information content (AvgIpc) is 3.50. The third-order valence-electron chi connectivity index (χ3n) is 11.4. The van der Waals surface area contributed by atoms with Crippen molar-refractivity contribution in [2.24, 2.45) is 5.92 Å². The molecule has 1 aromatic heterocycles. The molecule has 7 rings (SSSR count). The number of aryl methyl sites for hydroxylation is 1. The van der Waals surface area contributed by atoms with Crippen molar-refractivity contribution in [2.45, 2.75) is 121 Å². The summed E-state index contributed by atoms with van der Waals surface area (Å²) in [5.74, 6) is -1.59. The topological polar surface area (TPSA) is 136 Å². The predicted molar refractivity (Wildman–Crippen MR) is 205 cm³/mol. The maximum atomic E-state index is 14.8. The van der Waals surface area contributed by atoms with Crippen molar-refractivity contribution in [1.29, 1.82) is 0 Å². The number of fused-ring (bicyclic) bond motifs is 5. The van der Waals surface area contributed by atoms with Gasteiger partial charge in [-0.05, 0) is 90.8 Å². The number of carbonyl (C=O) groups is 4. The number of carbonyl (C=O) groups excluding carboxylic acids is 4. The van der Waals surface area contributed by atoms with Gasteiger partial charge in [0.2, 0.25) is 11.8 Å². The number of hydrogen-bond donors (Lipinski definition) is 2. The number of halogens is 1. The first-order valence-electron chi connectivity index (χ1n) is 19.6. The van der Waals surface area contributed by atoms with Crippen LogP contribution in [0.25, 0.3) is 22.2 Å². The van der Waals surface area contributed by atoms with Gasteiger partial charge >= 0.3 is 12.1 Å². The third-order valence-corrected chi connectivity index (χ3v) is 11.4. The Hall–Kier alpha value is -5.00. The number of esters is 1. The van der Waals surface area contributed by atoms with Crippen molar-refractivity contribution in [3.8, 4) is 17.0 Å². The summed E-state index contributed by atoms with van der Waals surface area (Å²) in [4.78, 5) is 62.8. The van der Waals surface area contributed by atoms with Crippen LogP contribution in [0.1, 0.15) is 91.0 Å². The van der Waals surface area contributed by atoms with Crippen LogP contribution in [0.3, 0.4) is 0 Å². The minimum atomic E-state index is -1.27. The molecule has 2 aromatic carbocycles. The zero-order valence-corrected chi connectivity index (χ0v) is 32.1. The highest BCUT2D eigenvalue weighted by Crippen LogP contribution is 2.48. The summed E-state index contributed by atoms with van der Waals surface area (Å²) < 4.78 is 32.8. The van der Waals surface area contributed by atoms with Gasteiger partial charge in [0.05, 0.1) is 18.7 Å². The molecular formula is C43H51FN4O7. The molecule has 2 fully saturated rings. The van der Waals surface area contributed by atoms with Crippen LogP contribution in [-0.4, -0.2) is 75.7 Å². The third kappa shape index (κ3) is 7.77. The van der Waals surface area contributed by atoms with Gasteiger partial charge in [-0.3, -0.25) is 9.59 Å². The lowest BCUT2D eigenvalue weighted by Crippen LogP contribution is -2.67. The first-order chi connectivity index (χ1) is 26.3. The van der Waals surface area contributed by atoms with E-state index in [0.29, 0.717) is 55.5 Å². The van der Waals surface area contributed by atoms with E-state index >= 15 is 0 Å². The van der Waals surface area contributed by atoms with Crippen LogP contribution in [-0.2, 0) is 30.3 Å². The summed E-state index contributed by atoms with van der Waals surface area (Å²) in [7, 11) is 0. The number of aromatic nitrogens is 1. The SMILES string of the molecule is CCOC(=O)C12CCC1C=CCCCCCC(NC(=O)OC(C)(C)C)C(=O)N1CC3(CCc4c(c(-c5cccc(F)c5)nc5ccccc45)O3)CC1C(=O)N2. The van der Waals surface area contributed by atoms with Gasteiger partial charge in [-0.2, -0.15) is 0 Å². The fourth-order valence-electron chi connectivity index (χ4n) is 8.58. The number of amides is 3. The van der Waals surface area contributed by atoms with Gasteiger partial charge in [0.1, 0.15) is 46.1 Å². The number of pyridine rings is 1. The first-order valence-corrected chi connectivity index (χ1v) is 19.6. The second-order valence-electron chi connectivity index (χ2n) is 16.4. The largest absolute Gasteiger partial charge is 0.483 e. The van der Waals surface area contributed by atoms with Crippen molar-refractivity contribution < 1.29 is 37.8 Å². The molecule has 55 heavy (non-hydrogen) atoms. The normalized spacial score (nSPS) is 27.0. The Morgan fingerprint density at radius 1 is 1.07 bits per heavy atom. The standard InChI is InChI=1S/C43H51FN4O7/c1-5-53-39(51)43-23-20-28(43)15-9-7-6-8-10-19-33(46-40(52)55-41(2,3)4)38(50)48-26-42(25-34(48)37(49)47-43)22-21-31-30-17-11-12-18-32(30)45-35(36(31)54-42)27-14-13-16-29(44)24-27/h9,11-18,24,28,33-34H,5-8,10,19-23,25-26H2,1-4H3,(H,46,52)(H,47,49). The summed E-state index contributed by atoms with van der Waals surface area (Å²) >= 11 is 0. The second-order valence-corrected chi connectivity index (χ2v) is 16.4. The molecule has 4 aliphatic rings. The van der Waals surface area contributed by atoms with Gasteiger partial charge in [0, 0.05) is 28.9 Å². The Balaban J connectivity index is 1.29. The van der Waals surface area contributed by atoms with Gasteiger partial charge in [0.25, 0.3) is 0 Å². The Morgan fingerprint density at radius 2 is 1.89 bits per heavy atom. The first kappa shape index (κ1) is 38.3. The Bertz CT molecular complexity index is 2010. The van der Waals surface area contributed by atoms with E-state index < -0.39 is 58.5 Å². The lowest BCUT2D eigenvalue weighted by Gasteiger charge is -2.47. The molecule has 292 valence electrons. The zero-order chi connectivity index (χ0) is 39.0. The van der Waals surface area contributed by atoms with Gasteiger partial charge in [-0.15, -0.1) is 0 Å². The minimum Gasteiger partial charge on any atom is -0.483 e. The van der Waals surface area contributed by atoms with E-state index in [-0.39, 0.29) is 25.5 Å². The molecule has 1 saturated heterocycles. The van der Waals surface area contributed by atoms with E-state index in [1.54, 1.807) is 39.8 Å². The summed E-state index contributed by atoms with van der Waals surface area (Å²) in [5.41, 5.74) is -0.403. The number of nitrogens with one attached hydrogen (secondary N) is 2. The van der Waals surface area contributed by atoms with Crippen LogP contribution in [0.2, 0.25) is 0 Å². The fourth-order valence-corrected chi connectivity index (χ4v) is 8.58. The monoisotopic (exact) mass is 754 g/mol. The van der Waals surface area contributed by atoms with Crippen molar-refractivity contribution in [3.05, 3.63) is 72.1 Å². The molecule has 3 aliphatic heterocycles. The molecule has 4 heterocycles. The lowest BCUT2D eigenvalue weighted by atomic mass is 9.66. The van der Waals surface area contributed by atoms with Crippen molar-refractivity contribution >= 4 is 34.8 Å². The van der Waals surface area contributed by atoms with E-state index in [0.717, 1.165) is 35.7 Å². The predicted octanol–water partition coefficient (Wildman–Crippen LogP) is 6.95. The number of allylic oxidation sites excluding steroid dienone is 1. The summed E-state index contributed by atoms with van der Waals surface area (Å²) in [6.07, 6.45) is 9.06. The molecule has 0 bridgehead atoms. The van der Waals surface area contributed by atoms with Gasteiger partial charge in [-0.1, -0.05) is 55.3 Å². The summed E-state index contributed by atoms with van der Waals surface area (Å²) in [6.45, 7) is 7.20. The van der Waals surface area contributed by atoms with Crippen molar-refractivity contribution in [3.63, 3.8) is 0 Å². The number of alkyl carbamates (subject to hydrolysis) is 1. The van der Waals surface area contributed by atoms with E-state index in [9.17, 15) is 23.6 Å². The van der Waals surface area contributed by atoms with Gasteiger partial charge < -0.3 is 29.7 Å². The molecule has 5 unspecified atom stereocenters. The number of rotatable bonds is 4. The molecule has 2 N–H and O–H groups in total. The van der Waals surface area contributed by atoms with E-state index in [4.69, 9.17) is 19.2 Å². The number of ether oxygens (including phenoxy) is 3. The van der Waals surface area contributed by atoms with Gasteiger partial charge in [0.15, 0.2) is 0 Å². The molecule has 3 amide bonds. The molecule has 1 saturated carbocycles. The quantitative estimate of drug-likeness (QED) is 0.216. The molecule has 0 radical (unpaired) electrons. The van der Waals surface area contributed by atoms with Crippen molar-refractivity contribution in [2.75, 3.05) is 13.2 Å². The van der Waals surface area contributed by atoms with Crippen LogP contribution in [0.15, 0.2) is 60.7 Å². The Kier molecular flexibility index (Phi) is 10.6. The van der Waals surface area contributed by atoms with Crippen LogP contribution >= 0.6 is 0 Å². The maximum Gasteiger partial charge on any atom is 0.408 e. The molecule has 3 aromatic rings. The number of benzene rings is 2. The molecular weight excluding hydrogens is 703 g/mol. The number of para-hydroxylation sites is 1. The lowest BCUT2D eigenvalue weighted by molar-refractivity contribution is -0.161. The molecule has 1 aliphatic carbocycles. The van der Waals surface area contributed by atoms with Crippen LogP contribution in [0, 0.1) is 11.7 Å². The van der Waals surface area contributed by atoms with E-state index in [1.165, 1.54) is 17.0 Å². The molecule has 11 nitrogen and oxygen atoms in total. The highest BCUT2D eigenvalue weighted by Gasteiger charge is 2.58. The number of nitrogens with zero attached hydrogens (tertiary/aromatic N) is 2. The molecule has 5 atom stereocenters. The van der Waals surface area contributed by atoms with Crippen LogP contribution in [0.5, 0.6) is 5.75 Å². The zero-order valence-electron chi connectivity index (χ0n) is 32.1. The van der Waals surface area contributed by atoms with E-state index in [2.05, 4.69) is 16.7 Å². The highest BCUT2D eigenvalue weighted by molar-refractivity contribution is 5.96. The average molecular weight is 755 g/mol. The van der Waals surface area contributed by atoms with Crippen LogP contribution < -0.4 is 15.4 Å². The second kappa shape index (κ2) is 15.3. The Labute approximate surface area is 321 Å². The van der Waals surface area contributed by atoms with Crippen molar-refractivity contribution in [1.82, 2.24) is 20.5 Å². The summed E-state index contributed by atoms with van der Waals surface area (Å²) in [6, 6.07) is 11.9. The highest BCUT2D eigenvalue weighted by atomic mass is 19.1. The molecule has 12 heteroatoms. The van der Waals surface area contributed by atoms with Crippen LogP contribution in [0.4, 0.5) is 9.18 Å². The maximum absolute atomic E-state index is 14.8. The number of hydrogen-bond acceptors (Lipinski definition) is 8. The Morgan fingerprint density at radius 3 is 2.64 bits per heavy atom. The van der Waals surface area contributed by atoms with Gasteiger partial charge in [-0.25, -0.2) is 19.0 Å². The summed E-state index contributed by atoms with van der Waals surface area (Å²) in [5, 5.41) is 6.82. The van der Waals surface area contributed by atoms with E-state index in [1.807, 2.05) is 30.3 Å². The minimum absolute atomic E-state index is 0.0427. The molecule has 1 spiro atoms. The fraction of sp³-hybridized carbons (Fsp3) is 0.512. The smallest absolute Gasteiger partial charge is 0.408 e.